The highest BCUT2D eigenvalue weighted by molar-refractivity contribution is 5.94. The average Bonchev–Trinajstić information content (AvgIpc) is 2.78. The molecule has 1 amide bonds. The first-order valence-corrected chi connectivity index (χ1v) is 7.54. The number of nitrogens with two attached hydrogens (primary N) is 1. The van der Waals surface area contributed by atoms with Gasteiger partial charge in [-0.2, -0.15) is 0 Å². The zero-order valence-corrected chi connectivity index (χ0v) is 13.1. The van der Waals surface area contributed by atoms with Crippen molar-refractivity contribution in [2.24, 2.45) is 17.1 Å². The summed E-state index contributed by atoms with van der Waals surface area (Å²) in [4.78, 5) is 12.6. The van der Waals surface area contributed by atoms with E-state index in [0.717, 1.165) is 36.1 Å². The number of aryl methyl sites for hydroxylation is 1. The Morgan fingerprint density at radius 1 is 1.48 bits per heavy atom. The van der Waals surface area contributed by atoms with Gasteiger partial charge in [0.25, 0.3) is 0 Å². The largest absolute Gasteiger partial charge is 0.325 e. The van der Waals surface area contributed by atoms with E-state index in [4.69, 9.17) is 5.73 Å². The second kappa shape index (κ2) is 6.32. The molecule has 1 aliphatic carbocycles. The van der Waals surface area contributed by atoms with Crippen molar-refractivity contribution < 1.29 is 4.79 Å². The van der Waals surface area contributed by atoms with Gasteiger partial charge in [0.2, 0.25) is 5.91 Å². The monoisotopic (exact) mass is 284 g/mol. The molecule has 0 aliphatic heterocycles. The van der Waals surface area contributed by atoms with Crippen molar-refractivity contribution in [3.05, 3.63) is 29.3 Å². The summed E-state index contributed by atoms with van der Waals surface area (Å²) in [6.07, 6.45) is 3.20. The fourth-order valence-electron chi connectivity index (χ4n) is 3.05. The first-order valence-electron chi connectivity index (χ1n) is 7.54. The lowest BCUT2D eigenvalue weighted by atomic mass is 9.81. The van der Waals surface area contributed by atoms with E-state index < -0.39 is 0 Å². The molecule has 0 radical (unpaired) electrons. The summed E-state index contributed by atoms with van der Waals surface area (Å²) >= 11 is 0. The van der Waals surface area contributed by atoms with Crippen molar-refractivity contribution in [2.75, 3.05) is 11.9 Å². The Labute approximate surface area is 127 Å². The van der Waals surface area contributed by atoms with Crippen LogP contribution < -0.4 is 11.1 Å². The van der Waals surface area contributed by atoms with Gasteiger partial charge >= 0.3 is 0 Å². The molecule has 3 N–H and O–H groups in total. The minimum atomic E-state index is 0.0779. The number of benzene rings is 1. The number of rotatable bonds is 2. The van der Waals surface area contributed by atoms with Crippen LogP contribution in [-0.4, -0.2) is 12.5 Å². The van der Waals surface area contributed by atoms with E-state index in [1.165, 1.54) is 0 Å². The van der Waals surface area contributed by atoms with Crippen molar-refractivity contribution >= 4 is 11.6 Å². The lowest BCUT2D eigenvalue weighted by Gasteiger charge is -2.26. The fourth-order valence-corrected chi connectivity index (χ4v) is 3.05. The SMILES string of the molecule is Cc1ccc(NC(=O)C2CCCC2(C)C)c(C#CCN)c1. The number of hydrogen-bond donors (Lipinski definition) is 2. The normalized spacial score (nSPS) is 19.7. The molecule has 0 aromatic heterocycles. The summed E-state index contributed by atoms with van der Waals surface area (Å²) in [5, 5.41) is 3.06. The number of anilines is 1. The molecule has 112 valence electrons. The lowest BCUT2D eigenvalue weighted by molar-refractivity contribution is -0.122. The van der Waals surface area contributed by atoms with Gasteiger partial charge in [-0.05, 0) is 42.9 Å². The van der Waals surface area contributed by atoms with Crippen molar-refractivity contribution in [1.29, 1.82) is 0 Å². The molecular formula is C18H24N2O. The molecule has 1 atom stereocenters. The minimum absolute atomic E-state index is 0.0779. The van der Waals surface area contributed by atoms with Crippen LogP contribution in [-0.2, 0) is 4.79 Å². The maximum atomic E-state index is 12.6. The number of carbonyl (C=O) groups is 1. The smallest absolute Gasteiger partial charge is 0.228 e. The van der Waals surface area contributed by atoms with Crippen LogP contribution in [0.3, 0.4) is 0 Å². The molecule has 1 fully saturated rings. The molecule has 0 spiro atoms. The van der Waals surface area contributed by atoms with Crippen molar-refractivity contribution in [3.63, 3.8) is 0 Å². The highest BCUT2D eigenvalue weighted by Gasteiger charge is 2.39. The van der Waals surface area contributed by atoms with Crippen molar-refractivity contribution in [1.82, 2.24) is 0 Å². The van der Waals surface area contributed by atoms with Crippen molar-refractivity contribution in [2.45, 2.75) is 40.0 Å². The summed E-state index contributed by atoms with van der Waals surface area (Å²) < 4.78 is 0. The first-order chi connectivity index (χ1) is 9.94. The molecular weight excluding hydrogens is 260 g/mol. The summed E-state index contributed by atoms with van der Waals surface area (Å²) in [6.45, 7) is 6.68. The zero-order chi connectivity index (χ0) is 15.5. The molecule has 1 aromatic carbocycles. The predicted molar refractivity (Wildman–Crippen MR) is 86.9 cm³/mol. The van der Waals surface area contributed by atoms with E-state index in [1.54, 1.807) is 0 Å². The quantitative estimate of drug-likeness (QED) is 0.820. The van der Waals surface area contributed by atoms with Crippen LogP contribution in [0.5, 0.6) is 0 Å². The summed E-state index contributed by atoms with van der Waals surface area (Å²) in [7, 11) is 0. The minimum Gasteiger partial charge on any atom is -0.325 e. The van der Waals surface area contributed by atoms with Crippen LogP contribution in [0.25, 0.3) is 0 Å². The Kier molecular flexibility index (Phi) is 4.69. The van der Waals surface area contributed by atoms with Gasteiger partial charge in [-0.25, -0.2) is 0 Å². The number of amides is 1. The van der Waals surface area contributed by atoms with Crippen LogP contribution in [0, 0.1) is 30.1 Å². The molecule has 1 saturated carbocycles. The second-order valence-electron chi connectivity index (χ2n) is 6.48. The van der Waals surface area contributed by atoms with Gasteiger partial charge in [0.05, 0.1) is 12.2 Å². The highest BCUT2D eigenvalue weighted by Crippen LogP contribution is 2.43. The van der Waals surface area contributed by atoms with E-state index in [1.807, 2.05) is 25.1 Å². The summed E-state index contributed by atoms with van der Waals surface area (Å²) in [5.74, 6) is 6.08. The molecule has 2 rings (SSSR count). The topological polar surface area (TPSA) is 55.1 Å². The highest BCUT2D eigenvalue weighted by atomic mass is 16.1. The average molecular weight is 284 g/mol. The van der Waals surface area contributed by atoms with Crippen LogP contribution in [0.4, 0.5) is 5.69 Å². The van der Waals surface area contributed by atoms with Gasteiger partial charge in [-0.3, -0.25) is 4.79 Å². The van der Waals surface area contributed by atoms with Gasteiger partial charge in [-0.15, -0.1) is 0 Å². The molecule has 1 unspecified atom stereocenters. The Balaban J connectivity index is 2.21. The number of hydrogen-bond acceptors (Lipinski definition) is 2. The van der Waals surface area contributed by atoms with E-state index in [0.29, 0.717) is 6.54 Å². The molecule has 1 aromatic rings. The molecule has 0 saturated heterocycles. The third kappa shape index (κ3) is 3.65. The third-order valence-corrected chi connectivity index (χ3v) is 4.33. The first kappa shape index (κ1) is 15.6. The predicted octanol–water partition coefficient (Wildman–Crippen LogP) is 3.07. The van der Waals surface area contributed by atoms with Gasteiger partial charge < -0.3 is 11.1 Å². The molecule has 0 bridgehead atoms. The molecule has 1 aliphatic rings. The van der Waals surface area contributed by atoms with Gasteiger partial charge in [0.15, 0.2) is 0 Å². The second-order valence-corrected chi connectivity index (χ2v) is 6.48. The number of carbonyl (C=O) groups excluding carboxylic acids is 1. The zero-order valence-electron chi connectivity index (χ0n) is 13.1. The number of nitrogens with one attached hydrogen (secondary N) is 1. The van der Waals surface area contributed by atoms with Gasteiger partial charge in [0.1, 0.15) is 0 Å². The van der Waals surface area contributed by atoms with Gasteiger partial charge in [-0.1, -0.05) is 38.2 Å². The molecule has 3 heteroatoms. The standard InChI is InChI=1S/C18H24N2O/c1-13-8-9-16(14(12-13)6-5-11-19)20-17(21)15-7-4-10-18(15,2)3/h8-9,12,15H,4,7,10-11,19H2,1-3H3,(H,20,21). The molecule has 21 heavy (non-hydrogen) atoms. The summed E-state index contributed by atoms with van der Waals surface area (Å²) in [5.41, 5.74) is 8.27. The van der Waals surface area contributed by atoms with Crippen LogP contribution in [0.15, 0.2) is 18.2 Å². The molecule has 0 heterocycles. The molecule has 3 nitrogen and oxygen atoms in total. The Bertz CT molecular complexity index is 593. The fraction of sp³-hybridized carbons (Fsp3) is 0.500. The van der Waals surface area contributed by atoms with Crippen molar-refractivity contribution in [3.8, 4) is 11.8 Å². The van der Waals surface area contributed by atoms with Crippen LogP contribution in [0.2, 0.25) is 0 Å². The maximum absolute atomic E-state index is 12.6. The third-order valence-electron chi connectivity index (χ3n) is 4.33. The summed E-state index contributed by atoms with van der Waals surface area (Å²) in [6, 6.07) is 5.90. The van der Waals surface area contributed by atoms with Crippen LogP contribution in [0.1, 0.15) is 44.2 Å². The Hall–Kier alpha value is -1.79. The lowest BCUT2D eigenvalue weighted by Crippen LogP contribution is -2.31. The van der Waals surface area contributed by atoms with E-state index >= 15 is 0 Å². The van der Waals surface area contributed by atoms with E-state index in [-0.39, 0.29) is 17.2 Å². The van der Waals surface area contributed by atoms with E-state index in [9.17, 15) is 4.79 Å². The van der Waals surface area contributed by atoms with E-state index in [2.05, 4.69) is 31.0 Å². The Morgan fingerprint density at radius 2 is 2.24 bits per heavy atom. The maximum Gasteiger partial charge on any atom is 0.228 e. The Morgan fingerprint density at radius 3 is 2.86 bits per heavy atom. The van der Waals surface area contributed by atoms with Crippen LogP contribution >= 0.6 is 0 Å². The van der Waals surface area contributed by atoms with Gasteiger partial charge in [0, 0.05) is 11.5 Å².